The van der Waals surface area contributed by atoms with Gasteiger partial charge >= 0.3 is 5.97 Å². The normalized spacial score (nSPS) is 14.6. The summed E-state index contributed by atoms with van der Waals surface area (Å²) in [5.41, 5.74) is 0.00508. The molecule has 0 bridgehead atoms. The highest BCUT2D eigenvalue weighted by molar-refractivity contribution is 5.96. The standard InChI is InChI=1S/C22H24N4O6/c1-3-31-22(28)17-14-25(13-15-5-4-10-32-15)18-12-19(24-8-6-23(2)7-9-24)20(26(29)30)11-16(18)21(17)27/h4-5,10-12,14H,3,6-9,13H2,1-2H3. The number of nitro groups is 1. The minimum atomic E-state index is -0.765. The predicted molar refractivity (Wildman–Crippen MR) is 118 cm³/mol. The van der Waals surface area contributed by atoms with Gasteiger partial charge in [0.25, 0.3) is 5.69 Å². The fourth-order valence-corrected chi connectivity index (χ4v) is 3.92. The van der Waals surface area contributed by atoms with Gasteiger partial charge in [-0.25, -0.2) is 4.79 Å². The molecule has 1 saturated heterocycles. The lowest BCUT2D eigenvalue weighted by Crippen LogP contribution is -2.44. The quantitative estimate of drug-likeness (QED) is 0.327. The average Bonchev–Trinajstić information content (AvgIpc) is 3.28. The average molecular weight is 440 g/mol. The summed E-state index contributed by atoms with van der Waals surface area (Å²) in [5, 5.41) is 12.0. The van der Waals surface area contributed by atoms with Crippen molar-refractivity contribution in [2.45, 2.75) is 13.5 Å². The number of furan rings is 1. The van der Waals surface area contributed by atoms with E-state index in [9.17, 15) is 19.7 Å². The van der Waals surface area contributed by atoms with Gasteiger partial charge < -0.3 is 23.5 Å². The van der Waals surface area contributed by atoms with Gasteiger partial charge in [0, 0.05) is 38.4 Å². The zero-order chi connectivity index (χ0) is 22.8. The molecule has 1 fully saturated rings. The van der Waals surface area contributed by atoms with Crippen molar-refractivity contribution in [2.24, 2.45) is 0 Å². The van der Waals surface area contributed by atoms with E-state index in [1.165, 1.54) is 18.5 Å². The van der Waals surface area contributed by atoms with Gasteiger partial charge in [0.05, 0.1) is 35.2 Å². The van der Waals surface area contributed by atoms with E-state index in [0.717, 1.165) is 13.1 Å². The topological polar surface area (TPSA) is 111 Å². The van der Waals surface area contributed by atoms with Gasteiger partial charge in [-0.3, -0.25) is 14.9 Å². The highest BCUT2D eigenvalue weighted by Crippen LogP contribution is 2.33. The molecule has 1 aromatic carbocycles. The highest BCUT2D eigenvalue weighted by atomic mass is 16.6. The highest BCUT2D eigenvalue weighted by Gasteiger charge is 2.26. The summed E-state index contributed by atoms with van der Waals surface area (Å²) in [6, 6.07) is 6.46. The molecule has 3 heterocycles. The molecule has 0 spiro atoms. The van der Waals surface area contributed by atoms with Gasteiger partial charge in [0.1, 0.15) is 17.0 Å². The van der Waals surface area contributed by atoms with Gasteiger partial charge in [0.2, 0.25) is 5.43 Å². The van der Waals surface area contributed by atoms with E-state index in [1.54, 1.807) is 29.7 Å². The van der Waals surface area contributed by atoms with Crippen LogP contribution in [0.15, 0.2) is 45.9 Å². The Balaban J connectivity index is 1.94. The maximum Gasteiger partial charge on any atom is 0.343 e. The van der Waals surface area contributed by atoms with Crippen molar-refractivity contribution in [1.29, 1.82) is 0 Å². The van der Waals surface area contributed by atoms with Crippen LogP contribution < -0.4 is 10.3 Å². The molecule has 1 aliphatic heterocycles. The predicted octanol–water partition coefficient (Wildman–Crippen LogP) is 2.48. The molecular formula is C22H24N4O6. The van der Waals surface area contributed by atoms with E-state index >= 15 is 0 Å². The molecule has 32 heavy (non-hydrogen) atoms. The smallest absolute Gasteiger partial charge is 0.343 e. The first-order valence-electron chi connectivity index (χ1n) is 10.4. The third-order valence-electron chi connectivity index (χ3n) is 5.62. The van der Waals surface area contributed by atoms with Gasteiger partial charge in [-0.2, -0.15) is 0 Å². The molecule has 0 unspecified atom stereocenters. The van der Waals surface area contributed by atoms with Crippen LogP contribution >= 0.6 is 0 Å². The molecule has 0 atom stereocenters. The Morgan fingerprint density at radius 2 is 2.00 bits per heavy atom. The number of nitrogens with zero attached hydrogens (tertiary/aromatic N) is 4. The van der Waals surface area contributed by atoms with E-state index in [0.29, 0.717) is 30.1 Å². The maximum absolute atomic E-state index is 13.1. The Morgan fingerprint density at radius 3 is 2.62 bits per heavy atom. The first-order chi connectivity index (χ1) is 15.4. The molecule has 0 amide bonds. The van der Waals surface area contributed by atoms with Crippen molar-refractivity contribution in [3.63, 3.8) is 0 Å². The number of benzene rings is 1. The molecule has 0 N–H and O–H groups in total. The molecule has 10 nitrogen and oxygen atoms in total. The minimum Gasteiger partial charge on any atom is -0.467 e. The van der Waals surface area contributed by atoms with Gasteiger partial charge in [-0.15, -0.1) is 0 Å². The number of pyridine rings is 1. The summed E-state index contributed by atoms with van der Waals surface area (Å²) < 4.78 is 12.2. The fourth-order valence-electron chi connectivity index (χ4n) is 3.92. The number of hydrogen-bond donors (Lipinski definition) is 0. The second-order valence-electron chi connectivity index (χ2n) is 7.71. The monoisotopic (exact) mass is 440 g/mol. The zero-order valence-corrected chi connectivity index (χ0v) is 17.9. The van der Waals surface area contributed by atoms with Crippen LogP contribution in [0.5, 0.6) is 0 Å². The lowest BCUT2D eigenvalue weighted by Gasteiger charge is -2.33. The largest absolute Gasteiger partial charge is 0.467 e. The van der Waals surface area contributed by atoms with Gasteiger partial charge in [-0.1, -0.05) is 0 Å². The first kappa shape index (κ1) is 21.6. The van der Waals surface area contributed by atoms with E-state index in [2.05, 4.69) is 4.90 Å². The van der Waals surface area contributed by atoms with Crippen LogP contribution in [-0.4, -0.2) is 60.2 Å². The summed E-state index contributed by atoms with van der Waals surface area (Å²) in [7, 11) is 2.00. The SMILES string of the molecule is CCOC(=O)c1cn(Cc2ccco2)c2cc(N3CCN(C)CC3)c([N+](=O)[O-])cc2c1=O. The Morgan fingerprint density at radius 1 is 1.25 bits per heavy atom. The number of anilines is 1. The van der Waals surface area contributed by atoms with Crippen molar-refractivity contribution in [3.8, 4) is 0 Å². The molecule has 2 aromatic heterocycles. The maximum atomic E-state index is 13.1. The molecule has 3 aromatic rings. The van der Waals surface area contributed by atoms with Crippen LogP contribution in [0.1, 0.15) is 23.0 Å². The molecule has 10 heteroatoms. The van der Waals surface area contributed by atoms with Crippen LogP contribution in [0.3, 0.4) is 0 Å². The fraction of sp³-hybridized carbons (Fsp3) is 0.364. The number of esters is 1. The lowest BCUT2D eigenvalue weighted by atomic mass is 10.1. The van der Waals surface area contributed by atoms with Crippen molar-refractivity contribution in [3.05, 3.63) is 68.4 Å². The summed E-state index contributed by atoms with van der Waals surface area (Å²) in [6.45, 7) is 4.81. The molecule has 0 saturated carbocycles. The van der Waals surface area contributed by atoms with Gasteiger partial charge in [0.15, 0.2) is 0 Å². The number of fused-ring (bicyclic) bond motifs is 1. The first-order valence-corrected chi connectivity index (χ1v) is 10.4. The Kier molecular flexibility index (Phi) is 5.95. The van der Waals surface area contributed by atoms with Crippen molar-refractivity contribution in [1.82, 2.24) is 9.47 Å². The number of carbonyl (C=O) groups is 1. The van der Waals surface area contributed by atoms with Crippen LogP contribution in [0.2, 0.25) is 0 Å². The number of ether oxygens (including phenoxy) is 1. The van der Waals surface area contributed by atoms with Crippen molar-refractivity contribution in [2.75, 3.05) is 44.7 Å². The number of carbonyl (C=O) groups excluding carboxylic acids is 1. The second kappa shape index (κ2) is 8.83. The zero-order valence-electron chi connectivity index (χ0n) is 17.9. The molecule has 1 aliphatic rings. The number of rotatable bonds is 6. The Hall–Kier alpha value is -3.66. The van der Waals surface area contributed by atoms with Crippen LogP contribution in [0.4, 0.5) is 11.4 Å². The van der Waals surface area contributed by atoms with E-state index in [-0.39, 0.29) is 29.8 Å². The summed E-state index contributed by atoms with van der Waals surface area (Å²) in [5.74, 6) is -0.150. The second-order valence-corrected chi connectivity index (χ2v) is 7.71. The number of nitro benzene ring substituents is 1. The Bertz CT molecular complexity index is 1210. The molecule has 0 radical (unpaired) electrons. The number of piperazine rings is 1. The Labute approximate surface area is 183 Å². The molecule has 4 rings (SSSR count). The van der Waals surface area contributed by atoms with E-state index in [4.69, 9.17) is 9.15 Å². The third kappa shape index (κ3) is 4.09. The summed E-state index contributed by atoms with van der Waals surface area (Å²) in [4.78, 5) is 41.1. The van der Waals surface area contributed by atoms with E-state index < -0.39 is 16.3 Å². The van der Waals surface area contributed by atoms with Crippen molar-refractivity contribution >= 4 is 28.2 Å². The third-order valence-corrected chi connectivity index (χ3v) is 5.62. The van der Waals surface area contributed by atoms with Crippen LogP contribution in [0.25, 0.3) is 10.9 Å². The number of aromatic nitrogens is 1. The molecular weight excluding hydrogens is 416 g/mol. The van der Waals surface area contributed by atoms with Gasteiger partial charge in [-0.05, 0) is 32.2 Å². The number of likely N-dealkylation sites (N-methyl/N-ethyl adjacent to an activating group) is 1. The van der Waals surface area contributed by atoms with Crippen LogP contribution in [0, 0.1) is 10.1 Å². The minimum absolute atomic E-state index is 0.0895. The molecule has 168 valence electrons. The van der Waals surface area contributed by atoms with Crippen molar-refractivity contribution < 1.29 is 18.9 Å². The number of hydrogen-bond acceptors (Lipinski definition) is 8. The summed E-state index contributed by atoms with van der Waals surface area (Å²) in [6.07, 6.45) is 2.97. The lowest BCUT2D eigenvalue weighted by molar-refractivity contribution is -0.384. The molecule has 0 aliphatic carbocycles. The summed E-state index contributed by atoms with van der Waals surface area (Å²) >= 11 is 0. The van der Waals surface area contributed by atoms with Crippen LogP contribution in [-0.2, 0) is 11.3 Å². The van der Waals surface area contributed by atoms with E-state index in [1.807, 2.05) is 11.9 Å².